The van der Waals surface area contributed by atoms with Gasteiger partial charge in [-0.05, 0) is 48.6 Å². The van der Waals surface area contributed by atoms with E-state index in [9.17, 15) is 0 Å². The Bertz CT molecular complexity index is 562. The van der Waals surface area contributed by atoms with Crippen LogP contribution in [0.1, 0.15) is 24.0 Å². The van der Waals surface area contributed by atoms with Crippen molar-refractivity contribution < 1.29 is 9.47 Å². The molecule has 2 aromatic carbocycles. The molecule has 0 aromatic heterocycles. The Hall–Kier alpha value is -1.84. The Morgan fingerprint density at radius 3 is 2.39 bits per heavy atom. The average Bonchev–Trinajstić information content (AvgIpc) is 2.63. The first-order chi connectivity index (χ1) is 11.4. The van der Waals surface area contributed by atoms with Gasteiger partial charge in [-0.3, -0.25) is 0 Å². The van der Waals surface area contributed by atoms with Crippen LogP contribution in [0.25, 0.3) is 0 Å². The van der Waals surface area contributed by atoms with E-state index in [4.69, 9.17) is 9.47 Å². The molecule has 0 unspecified atom stereocenters. The molecule has 1 aliphatic rings. The maximum atomic E-state index is 5.81. The molecule has 0 amide bonds. The number of nitrogens with one attached hydrogen (secondary N) is 1. The summed E-state index contributed by atoms with van der Waals surface area (Å²) < 4.78 is 11.2. The fourth-order valence-electron chi connectivity index (χ4n) is 2.82. The van der Waals surface area contributed by atoms with Crippen LogP contribution in [0.4, 0.5) is 0 Å². The first kappa shape index (κ1) is 16.0. The molecule has 3 heteroatoms. The minimum absolute atomic E-state index is 0.613. The lowest BCUT2D eigenvalue weighted by molar-refractivity contribution is 0.0662. The van der Waals surface area contributed by atoms with Gasteiger partial charge in [-0.2, -0.15) is 0 Å². The summed E-state index contributed by atoms with van der Waals surface area (Å²) in [6, 6.07) is 18.6. The molecule has 1 N–H and O–H groups in total. The van der Waals surface area contributed by atoms with Crippen molar-refractivity contribution in [1.29, 1.82) is 0 Å². The molecule has 2 aromatic rings. The lowest BCUT2D eigenvalue weighted by atomic mass is 10.0. The van der Waals surface area contributed by atoms with E-state index in [1.54, 1.807) is 0 Å². The van der Waals surface area contributed by atoms with Gasteiger partial charge in [0, 0.05) is 19.8 Å². The van der Waals surface area contributed by atoms with Gasteiger partial charge in [-0.1, -0.05) is 42.5 Å². The number of benzene rings is 2. The summed E-state index contributed by atoms with van der Waals surface area (Å²) in [5, 5.41) is 3.55. The Morgan fingerprint density at radius 1 is 0.913 bits per heavy atom. The van der Waals surface area contributed by atoms with E-state index in [1.807, 2.05) is 18.2 Å². The van der Waals surface area contributed by atoms with Gasteiger partial charge in [0.15, 0.2) is 0 Å². The van der Waals surface area contributed by atoms with Crippen LogP contribution in [0.15, 0.2) is 54.6 Å². The maximum absolute atomic E-state index is 5.81. The summed E-state index contributed by atoms with van der Waals surface area (Å²) in [4.78, 5) is 0. The molecule has 1 fully saturated rings. The molecule has 0 spiro atoms. The lowest BCUT2D eigenvalue weighted by Crippen LogP contribution is -2.27. The van der Waals surface area contributed by atoms with Crippen molar-refractivity contribution in [2.75, 3.05) is 19.8 Å². The summed E-state index contributed by atoms with van der Waals surface area (Å²) in [7, 11) is 0. The topological polar surface area (TPSA) is 30.5 Å². The molecule has 0 bridgehead atoms. The van der Waals surface area contributed by atoms with Crippen molar-refractivity contribution in [3.05, 3.63) is 65.7 Å². The predicted octanol–water partition coefficient (Wildman–Crippen LogP) is 3.78. The second kappa shape index (κ2) is 8.70. The predicted molar refractivity (Wildman–Crippen MR) is 92.5 cm³/mol. The Labute approximate surface area is 138 Å². The van der Waals surface area contributed by atoms with E-state index in [2.05, 4.69) is 41.7 Å². The van der Waals surface area contributed by atoms with Crippen molar-refractivity contribution >= 4 is 0 Å². The molecule has 1 heterocycles. The highest BCUT2D eigenvalue weighted by molar-refractivity contribution is 5.27. The molecular formula is C20H25NO2. The molecule has 122 valence electrons. The molecule has 0 radical (unpaired) electrons. The second-order valence-corrected chi connectivity index (χ2v) is 6.10. The van der Waals surface area contributed by atoms with E-state index in [1.165, 1.54) is 24.0 Å². The van der Waals surface area contributed by atoms with Crippen LogP contribution in [0.2, 0.25) is 0 Å². The minimum atomic E-state index is 0.613. The van der Waals surface area contributed by atoms with Crippen molar-refractivity contribution in [1.82, 2.24) is 5.32 Å². The normalized spacial score (nSPS) is 15.5. The molecule has 1 aliphatic heterocycles. The number of rotatable bonds is 7. The van der Waals surface area contributed by atoms with Crippen molar-refractivity contribution in [3.63, 3.8) is 0 Å². The Kier molecular flexibility index (Phi) is 6.07. The van der Waals surface area contributed by atoms with Crippen molar-refractivity contribution in [2.24, 2.45) is 5.92 Å². The van der Waals surface area contributed by atoms with Crippen LogP contribution < -0.4 is 10.1 Å². The summed E-state index contributed by atoms with van der Waals surface area (Å²) in [6.45, 7) is 4.44. The lowest BCUT2D eigenvalue weighted by Gasteiger charge is -2.22. The highest BCUT2D eigenvalue weighted by Gasteiger charge is 2.12. The highest BCUT2D eigenvalue weighted by atomic mass is 16.5. The summed E-state index contributed by atoms with van der Waals surface area (Å²) >= 11 is 0. The fourth-order valence-corrected chi connectivity index (χ4v) is 2.82. The first-order valence-electron chi connectivity index (χ1n) is 8.44. The maximum Gasteiger partial charge on any atom is 0.119 e. The fraction of sp³-hybridized carbons (Fsp3) is 0.400. The molecule has 23 heavy (non-hydrogen) atoms. The summed E-state index contributed by atoms with van der Waals surface area (Å²) in [5.74, 6) is 1.68. The third-order valence-corrected chi connectivity index (χ3v) is 4.27. The largest absolute Gasteiger partial charge is 0.489 e. The van der Waals surface area contributed by atoms with Crippen LogP contribution >= 0.6 is 0 Å². The highest BCUT2D eigenvalue weighted by Crippen LogP contribution is 2.15. The van der Waals surface area contributed by atoms with E-state index in [0.29, 0.717) is 6.61 Å². The molecule has 3 nitrogen and oxygen atoms in total. The number of ether oxygens (including phenoxy) is 2. The smallest absolute Gasteiger partial charge is 0.119 e. The average molecular weight is 311 g/mol. The zero-order valence-electron chi connectivity index (χ0n) is 13.5. The van der Waals surface area contributed by atoms with Crippen LogP contribution in [0.5, 0.6) is 5.75 Å². The van der Waals surface area contributed by atoms with E-state index in [0.717, 1.165) is 38.0 Å². The zero-order valence-corrected chi connectivity index (χ0v) is 13.5. The standard InChI is InChI=1S/C20H25NO2/c1-2-4-19(5-3-1)16-23-20-8-6-17(7-9-20)14-21-15-18-10-12-22-13-11-18/h1-9,18,21H,10-16H2. The SMILES string of the molecule is c1ccc(COc2ccc(CNCC3CCOCC3)cc2)cc1. The molecular weight excluding hydrogens is 286 g/mol. The zero-order chi connectivity index (χ0) is 15.7. The minimum Gasteiger partial charge on any atom is -0.489 e. The molecule has 0 aliphatic carbocycles. The van der Waals surface area contributed by atoms with Gasteiger partial charge in [0.05, 0.1) is 0 Å². The van der Waals surface area contributed by atoms with Crippen molar-refractivity contribution in [2.45, 2.75) is 26.0 Å². The monoisotopic (exact) mass is 311 g/mol. The quantitative estimate of drug-likeness (QED) is 0.844. The second-order valence-electron chi connectivity index (χ2n) is 6.10. The van der Waals surface area contributed by atoms with Gasteiger partial charge in [-0.25, -0.2) is 0 Å². The number of hydrogen-bond acceptors (Lipinski definition) is 3. The van der Waals surface area contributed by atoms with Crippen LogP contribution in [-0.4, -0.2) is 19.8 Å². The number of hydrogen-bond donors (Lipinski definition) is 1. The van der Waals surface area contributed by atoms with E-state index in [-0.39, 0.29) is 0 Å². The van der Waals surface area contributed by atoms with E-state index < -0.39 is 0 Å². The van der Waals surface area contributed by atoms with Gasteiger partial charge >= 0.3 is 0 Å². The van der Waals surface area contributed by atoms with Gasteiger partial charge in [0.25, 0.3) is 0 Å². The van der Waals surface area contributed by atoms with Crippen molar-refractivity contribution in [3.8, 4) is 5.75 Å². The third kappa shape index (κ3) is 5.38. The summed E-state index contributed by atoms with van der Waals surface area (Å²) in [5.41, 5.74) is 2.49. The Balaban J connectivity index is 1.40. The van der Waals surface area contributed by atoms with Gasteiger partial charge in [-0.15, -0.1) is 0 Å². The summed E-state index contributed by atoms with van der Waals surface area (Å²) in [6.07, 6.45) is 2.36. The Morgan fingerprint density at radius 2 is 1.65 bits per heavy atom. The van der Waals surface area contributed by atoms with Crippen LogP contribution in [-0.2, 0) is 17.9 Å². The third-order valence-electron chi connectivity index (χ3n) is 4.27. The van der Waals surface area contributed by atoms with Gasteiger partial charge < -0.3 is 14.8 Å². The molecule has 0 atom stereocenters. The van der Waals surface area contributed by atoms with E-state index >= 15 is 0 Å². The molecule has 0 saturated carbocycles. The molecule has 1 saturated heterocycles. The molecule has 3 rings (SSSR count). The van der Waals surface area contributed by atoms with Gasteiger partial charge in [0.1, 0.15) is 12.4 Å². The van der Waals surface area contributed by atoms with Gasteiger partial charge in [0.2, 0.25) is 0 Å². The first-order valence-corrected chi connectivity index (χ1v) is 8.44. The van der Waals surface area contributed by atoms with Crippen LogP contribution in [0.3, 0.4) is 0 Å². The van der Waals surface area contributed by atoms with Crippen LogP contribution in [0, 0.1) is 5.92 Å².